The van der Waals surface area contributed by atoms with Crippen molar-refractivity contribution in [1.82, 2.24) is 4.31 Å². The van der Waals surface area contributed by atoms with Crippen LogP contribution in [0.15, 0.2) is 20.1 Å². The summed E-state index contributed by atoms with van der Waals surface area (Å²) in [6.07, 6.45) is 0. The van der Waals surface area contributed by atoms with Gasteiger partial charge in [-0.15, -0.1) is 11.3 Å². The van der Waals surface area contributed by atoms with Crippen molar-refractivity contribution in [2.24, 2.45) is 0 Å². The molecule has 15 heavy (non-hydrogen) atoms. The standard InChI is InChI=1S/C8H10BrNO2S3/c9-7-5-8(14-6-7)15(11,12)10-1-3-13-4-2-10/h5-6H,1-4H2. The van der Waals surface area contributed by atoms with Crippen LogP contribution in [0, 0.1) is 0 Å². The molecule has 1 aromatic rings. The topological polar surface area (TPSA) is 37.4 Å². The van der Waals surface area contributed by atoms with Gasteiger partial charge in [-0.25, -0.2) is 8.42 Å². The average Bonchev–Trinajstić information content (AvgIpc) is 2.67. The normalized spacial score (nSPS) is 19.3. The summed E-state index contributed by atoms with van der Waals surface area (Å²) in [5.41, 5.74) is 0. The Labute approximate surface area is 106 Å². The van der Waals surface area contributed by atoms with Gasteiger partial charge in [-0.2, -0.15) is 16.1 Å². The Hall–Kier alpha value is 0.440. The highest BCUT2D eigenvalue weighted by Crippen LogP contribution is 2.28. The van der Waals surface area contributed by atoms with Crippen LogP contribution in [0.5, 0.6) is 0 Å². The van der Waals surface area contributed by atoms with Gasteiger partial charge in [0.05, 0.1) is 0 Å². The number of nitrogens with zero attached hydrogens (tertiary/aromatic N) is 1. The van der Waals surface area contributed by atoms with Gasteiger partial charge in [-0.05, 0) is 22.0 Å². The summed E-state index contributed by atoms with van der Waals surface area (Å²) in [6.45, 7) is 1.25. The molecule has 0 radical (unpaired) electrons. The number of sulfonamides is 1. The zero-order valence-corrected chi connectivity index (χ0v) is 11.9. The van der Waals surface area contributed by atoms with Crippen molar-refractivity contribution in [3.8, 4) is 0 Å². The zero-order chi connectivity index (χ0) is 10.9. The second kappa shape index (κ2) is 4.75. The van der Waals surface area contributed by atoms with Gasteiger partial charge in [-0.1, -0.05) is 0 Å². The van der Waals surface area contributed by atoms with Crippen molar-refractivity contribution < 1.29 is 8.42 Å². The maximum atomic E-state index is 12.1. The van der Waals surface area contributed by atoms with Crippen LogP contribution in [-0.2, 0) is 10.0 Å². The fraction of sp³-hybridized carbons (Fsp3) is 0.500. The average molecular weight is 328 g/mol. The molecule has 0 bridgehead atoms. The molecule has 0 aromatic carbocycles. The summed E-state index contributed by atoms with van der Waals surface area (Å²) >= 11 is 6.34. The summed E-state index contributed by atoms with van der Waals surface area (Å²) in [4.78, 5) is 0. The van der Waals surface area contributed by atoms with Crippen molar-refractivity contribution in [3.05, 3.63) is 15.9 Å². The molecule has 0 saturated carbocycles. The molecule has 0 N–H and O–H groups in total. The minimum Gasteiger partial charge on any atom is -0.206 e. The maximum Gasteiger partial charge on any atom is 0.252 e. The van der Waals surface area contributed by atoms with Gasteiger partial charge in [-0.3, -0.25) is 0 Å². The smallest absolute Gasteiger partial charge is 0.206 e. The minimum atomic E-state index is -3.23. The largest absolute Gasteiger partial charge is 0.252 e. The van der Waals surface area contributed by atoms with E-state index in [9.17, 15) is 8.42 Å². The van der Waals surface area contributed by atoms with Crippen LogP contribution >= 0.6 is 39.0 Å². The predicted molar refractivity (Wildman–Crippen MR) is 68.1 cm³/mol. The molecule has 0 amide bonds. The summed E-state index contributed by atoms with van der Waals surface area (Å²) in [5, 5.41) is 1.80. The van der Waals surface area contributed by atoms with E-state index in [2.05, 4.69) is 15.9 Å². The first-order valence-corrected chi connectivity index (χ1v) is 8.69. The molecule has 1 fully saturated rings. The highest BCUT2D eigenvalue weighted by molar-refractivity contribution is 9.10. The van der Waals surface area contributed by atoms with Crippen LogP contribution in [0.1, 0.15) is 0 Å². The van der Waals surface area contributed by atoms with Crippen LogP contribution in [0.3, 0.4) is 0 Å². The van der Waals surface area contributed by atoms with Gasteiger partial charge in [0.1, 0.15) is 4.21 Å². The third-order valence-electron chi connectivity index (χ3n) is 2.11. The van der Waals surface area contributed by atoms with E-state index in [1.165, 1.54) is 11.3 Å². The summed E-state index contributed by atoms with van der Waals surface area (Å²) < 4.78 is 27.0. The van der Waals surface area contributed by atoms with E-state index in [-0.39, 0.29) is 0 Å². The third-order valence-corrected chi connectivity index (χ3v) is 7.12. The molecule has 84 valence electrons. The van der Waals surface area contributed by atoms with Crippen LogP contribution in [0.4, 0.5) is 0 Å². The number of rotatable bonds is 2. The van der Waals surface area contributed by atoms with Crippen LogP contribution in [0.25, 0.3) is 0 Å². The van der Waals surface area contributed by atoms with Crippen LogP contribution < -0.4 is 0 Å². The quantitative estimate of drug-likeness (QED) is 0.836. The Kier molecular flexibility index (Phi) is 3.77. The molecule has 3 nitrogen and oxygen atoms in total. The molecule has 0 atom stereocenters. The molecule has 2 rings (SSSR count). The van der Waals surface area contributed by atoms with E-state index < -0.39 is 10.0 Å². The molecule has 1 aliphatic heterocycles. The van der Waals surface area contributed by atoms with Crippen molar-refractivity contribution in [2.75, 3.05) is 24.6 Å². The van der Waals surface area contributed by atoms with Gasteiger partial charge >= 0.3 is 0 Å². The summed E-state index contributed by atoms with van der Waals surface area (Å²) in [6, 6.07) is 1.67. The first kappa shape index (κ1) is 11.9. The Balaban J connectivity index is 2.26. The predicted octanol–water partition coefficient (Wildman–Crippen LogP) is 2.25. The number of thiophene rings is 1. The first-order chi connectivity index (χ1) is 7.10. The molecule has 1 aromatic heterocycles. The van der Waals surface area contributed by atoms with E-state index in [4.69, 9.17) is 0 Å². The van der Waals surface area contributed by atoms with E-state index in [0.29, 0.717) is 17.3 Å². The van der Waals surface area contributed by atoms with Gasteiger partial charge < -0.3 is 0 Å². The number of thioether (sulfide) groups is 1. The Bertz CT molecular complexity index is 436. The fourth-order valence-electron chi connectivity index (χ4n) is 1.34. The highest BCUT2D eigenvalue weighted by atomic mass is 79.9. The van der Waals surface area contributed by atoms with E-state index in [1.807, 2.05) is 0 Å². The van der Waals surface area contributed by atoms with Crippen LogP contribution in [0.2, 0.25) is 0 Å². The fourth-order valence-corrected chi connectivity index (χ4v) is 5.92. The number of hydrogen-bond donors (Lipinski definition) is 0. The first-order valence-electron chi connectivity index (χ1n) is 4.42. The lowest BCUT2D eigenvalue weighted by molar-refractivity contribution is 0.445. The molecule has 1 saturated heterocycles. The second-order valence-electron chi connectivity index (χ2n) is 3.10. The number of hydrogen-bond acceptors (Lipinski definition) is 4. The minimum absolute atomic E-state index is 0.432. The second-order valence-corrected chi connectivity index (χ2v) is 8.32. The maximum absolute atomic E-state index is 12.1. The highest BCUT2D eigenvalue weighted by Gasteiger charge is 2.27. The lowest BCUT2D eigenvalue weighted by atomic mass is 10.6. The van der Waals surface area contributed by atoms with Gasteiger partial charge in [0.2, 0.25) is 0 Å². The van der Waals surface area contributed by atoms with Gasteiger partial charge in [0.25, 0.3) is 10.0 Å². The van der Waals surface area contributed by atoms with Crippen molar-refractivity contribution >= 4 is 49.1 Å². The van der Waals surface area contributed by atoms with E-state index >= 15 is 0 Å². The van der Waals surface area contributed by atoms with E-state index in [0.717, 1.165) is 16.0 Å². The Morgan fingerprint density at radius 2 is 2.00 bits per heavy atom. The Morgan fingerprint density at radius 1 is 1.33 bits per heavy atom. The van der Waals surface area contributed by atoms with Gasteiger partial charge in [0, 0.05) is 34.4 Å². The van der Waals surface area contributed by atoms with Crippen molar-refractivity contribution in [3.63, 3.8) is 0 Å². The van der Waals surface area contributed by atoms with E-state index in [1.54, 1.807) is 27.5 Å². The molecule has 0 spiro atoms. The molecule has 1 aliphatic rings. The molecular formula is C8H10BrNO2S3. The molecule has 0 unspecified atom stereocenters. The third kappa shape index (κ3) is 2.58. The summed E-state index contributed by atoms with van der Waals surface area (Å²) in [7, 11) is -3.23. The SMILES string of the molecule is O=S(=O)(c1cc(Br)cs1)N1CCSCC1. The molecule has 2 heterocycles. The van der Waals surface area contributed by atoms with Crippen molar-refractivity contribution in [1.29, 1.82) is 0 Å². The lowest BCUT2D eigenvalue weighted by Gasteiger charge is -2.24. The molecular weight excluding hydrogens is 318 g/mol. The number of halogens is 1. The zero-order valence-electron chi connectivity index (χ0n) is 7.85. The monoisotopic (exact) mass is 327 g/mol. The Morgan fingerprint density at radius 3 is 2.53 bits per heavy atom. The van der Waals surface area contributed by atoms with Crippen molar-refractivity contribution in [2.45, 2.75) is 4.21 Å². The summed E-state index contributed by atoms with van der Waals surface area (Å²) in [5.74, 6) is 1.79. The van der Waals surface area contributed by atoms with Gasteiger partial charge in [0.15, 0.2) is 0 Å². The molecule has 0 aliphatic carbocycles. The van der Waals surface area contributed by atoms with Crippen LogP contribution in [-0.4, -0.2) is 37.3 Å². The molecule has 7 heteroatoms. The lowest BCUT2D eigenvalue weighted by Crippen LogP contribution is -2.37.